The average Bonchev–Trinajstić information content (AvgIpc) is 3.21. The number of ketones is 2. The topological polar surface area (TPSA) is 178 Å². The SMILES string of the molecule is CCOC(=O)O[C@]1(C(=O)COC(=O)OCCCCON(O)O)CC[C@H]2[C@@H]3CCC4=CC(=O)C=C[C@]4(C)[C@H]3[C@@H](O)C[C@@]21C. The molecule has 0 aromatic heterocycles. The van der Waals surface area contributed by atoms with Gasteiger partial charge >= 0.3 is 12.3 Å². The molecule has 3 fully saturated rings. The summed E-state index contributed by atoms with van der Waals surface area (Å²) in [4.78, 5) is 55.3. The summed E-state index contributed by atoms with van der Waals surface area (Å²) in [6.07, 6.45) is 5.19. The van der Waals surface area contributed by atoms with Crippen LogP contribution in [-0.4, -0.2) is 82.9 Å². The molecule has 13 nitrogen and oxygen atoms in total. The number of allylic oxidation sites excluding steroid dienone is 4. The second-order valence-electron chi connectivity index (χ2n) is 12.0. The fourth-order valence-corrected chi connectivity index (χ4v) is 8.07. The molecule has 3 N–H and O–H groups in total. The average molecular weight is 596 g/mol. The third-order valence-electron chi connectivity index (χ3n) is 9.87. The Labute approximate surface area is 244 Å². The molecule has 0 unspecified atom stereocenters. The molecule has 0 aromatic rings. The third-order valence-corrected chi connectivity index (χ3v) is 9.87. The van der Waals surface area contributed by atoms with E-state index in [1.807, 2.05) is 19.9 Å². The van der Waals surface area contributed by atoms with Gasteiger partial charge in [0, 0.05) is 16.7 Å². The molecule has 0 bridgehead atoms. The predicted molar refractivity (Wildman–Crippen MR) is 142 cm³/mol. The highest BCUT2D eigenvalue weighted by atomic mass is 17.1. The van der Waals surface area contributed by atoms with Gasteiger partial charge in [-0.3, -0.25) is 24.8 Å². The molecule has 234 valence electrons. The summed E-state index contributed by atoms with van der Waals surface area (Å²) < 4.78 is 21.0. The number of unbranched alkanes of at least 4 members (excludes halogenated alkanes) is 1. The number of Topliss-reactive ketones (excluding diaryl/α,β-unsaturated/α-hetero) is 1. The number of aliphatic hydroxyl groups excluding tert-OH is 1. The van der Waals surface area contributed by atoms with E-state index in [9.17, 15) is 24.3 Å². The highest BCUT2D eigenvalue weighted by Gasteiger charge is 2.70. The summed E-state index contributed by atoms with van der Waals surface area (Å²) in [6, 6.07) is 0. The van der Waals surface area contributed by atoms with Crippen molar-refractivity contribution in [2.24, 2.45) is 28.6 Å². The zero-order chi connectivity index (χ0) is 30.7. The van der Waals surface area contributed by atoms with E-state index < -0.39 is 52.6 Å². The van der Waals surface area contributed by atoms with Crippen molar-refractivity contribution < 1.29 is 58.5 Å². The Balaban J connectivity index is 1.50. The van der Waals surface area contributed by atoms with Crippen LogP contribution in [0.5, 0.6) is 0 Å². The van der Waals surface area contributed by atoms with Crippen LogP contribution >= 0.6 is 0 Å². The molecular formula is C29H41NO12. The molecule has 0 saturated heterocycles. The van der Waals surface area contributed by atoms with Crippen LogP contribution in [0.15, 0.2) is 23.8 Å². The third kappa shape index (κ3) is 5.98. The minimum absolute atomic E-state index is 0.00201. The van der Waals surface area contributed by atoms with Crippen LogP contribution < -0.4 is 0 Å². The number of fused-ring (bicyclic) bond motifs is 5. The molecule has 0 amide bonds. The Morgan fingerprint density at radius 2 is 1.79 bits per heavy atom. The van der Waals surface area contributed by atoms with E-state index in [0.29, 0.717) is 25.7 Å². The summed E-state index contributed by atoms with van der Waals surface area (Å²) >= 11 is 0. The van der Waals surface area contributed by atoms with Gasteiger partial charge in [-0.1, -0.05) is 25.5 Å². The van der Waals surface area contributed by atoms with Gasteiger partial charge in [-0.05, 0) is 75.9 Å². The molecule has 13 heteroatoms. The predicted octanol–water partition coefficient (Wildman–Crippen LogP) is 3.69. The second kappa shape index (κ2) is 12.8. The number of aliphatic hydroxyl groups is 1. The van der Waals surface area contributed by atoms with Crippen molar-refractivity contribution in [3.05, 3.63) is 23.8 Å². The van der Waals surface area contributed by atoms with E-state index in [1.54, 1.807) is 19.1 Å². The van der Waals surface area contributed by atoms with E-state index in [0.717, 1.165) is 12.0 Å². The lowest BCUT2D eigenvalue weighted by molar-refractivity contribution is -0.492. The van der Waals surface area contributed by atoms with Gasteiger partial charge in [0.15, 0.2) is 18.0 Å². The van der Waals surface area contributed by atoms with Crippen LogP contribution in [0.3, 0.4) is 0 Å². The standard InChI is InChI=1S/C29H41NO12/c1-4-38-26(35)42-29(23(33)17-40-25(34)39-13-5-6-14-41-30(36)37)12-10-21-20-8-7-18-15-19(31)9-11-27(18,2)24(20)22(32)16-28(21,29)3/h9,11,15,20-22,24,32,36-37H,4-8,10,12-14,16-17H2,1-3H3/t20-,21-,22-,24+,27-,28-,29-/m0/s1. The molecule has 0 aliphatic heterocycles. The van der Waals surface area contributed by atoms with E-state index in [4.69, 9.17) is 29.4 Å². The number of nitrogens with zero attached hydrogens (tertiary/aromatic N) is 1. The van der Waals surface area contributed by atoms with Gasteiger partial charge in [0.1, 0.15) is 0 Å². The molecule has 0 aromatic carbocycles. The maximum Gasteiger partial charge on any atom is 0.509 e. The molecule has 4 aliphatic rings. The molecular weight excluding hydrogens is 554 g/mol. The first-order valence-corrected chi connectivity index (χ1v) is 14.5. The largest absolute Gasteiger partial charge is 0.509 e. The van der Waals surface area contributed by atoms with Crippen molar-refractivity contribution in [1.82, 2.24) is 5.39 Å². The van der Waals surface area contributed by atoms with Gasteiger partial charge in [-0.15, -0.1) is 0 Å². The molecule has 0 spiro atoms. The van der Waals surface area contributed by atoms with Crippen LogP contribution in [0.1, 0.15) is 65.7 Å². The first-order chi connectivity index (χ1) is 19.9. The quantitative estimate of drug-likeness (QED) is 0.179. The number of carbonyl (C=O) groups excluding carboxylic acids is 4. The molecule has 7 atom stereocenters. The Morgan fingerprint density at radius 3 is 2.50 bits per heavy atom. The maximum atomic E-state index is 13.9. The van der Waals surface area contributed by atoms with Gasteiger partial charge in [-0.2, -0.15) is 0 Å². The number of hydrogen-bond donors (Lipinski definition) is 3. The van der Waals surface area contributed by atoms with E-state index in [-0.39, 0.29) is 56.2 Å². The summed E-state index contributed by atoms with van der Waals surface area (Å²) in [5.41, 5.74) is -2.15. The molecule has 4 rings (SSSR count). The summed E-state index contributed by atoms with van der Waals surface area (Å²) in [6.45, 7) is 4.79. The van der Waals surface area contributed by atoms with Crippen LogP contribution in [-0.2, 0) is 33.4 Å². The highest BCUT2D eigenvalue weighted by Crippen LogP contribution is 2.68. The summed E-state index contributed by atoms with van der Waals surface area (Å²) in [5, 5.41) is 28.3. The lowest BCUT2D eigenvalue weighted by Crippen LogP contribution is -2.63. The van der Waals surface area contributed by atoms with Gasteiger partial charge in [0.05, 0.1) is 31.3 Å². The summed E-state index contributed by atoms with van der Waals surface area (Å²) in [7, 11) is 0. The number of rotatable bonds is 11. The molecule has 3 saturated carbocycles. The monoisotopic (exact) mass is 595 g/mol. The van der Waals surface area contributed by atoms with Crippen molar-refractivity contribution >= 4 is 23.9 Å². The minimum atomic E-state index is -1.69. The van der Waals surface area contributed by atoms with Gasteiger partial charge in [-0.25, -0.2) is 9.59 Å². The van der Waals surface area contributed by atoms with Gasteiger partial charge < -0.3 is 24.1 Å². The van der Waals surface area contributed by atoms with Crippen molar-refractivity contribution in [3.8, 4) is 0 Å². The first-order valence-electron chi connectivity index (χ1n) is 14.5. The van der Waals surface area contributed by atoms with E-state index in [2.05, 4.69) is 4.84 Å². The van der Waals surface area contributed by atoms with Gasteiger partial charge in [0.2, 0.25) is 5.78 Å². The molecule has 0 heterocycles. The summed E-state index contributed by atoms with van der Waals surface area (Å²) in [5.74, 6) is -0.942. The van der Waals surface area contributed by atoms with Crippen LogP contribution in [0.4, 0.5) is 9.59 Å². The molecule has 42 heavy (non-hydrogen) atoms. The van der Waals surface area contributed by atoms with E-state index in [1.165, 1.54) is 0 Å². The lowest BCUT2D eigenvalue weighted by atomic mass is 9.46. The zero-order valence-corrected chi connectivity index (χ0v) is 24.3. The van der Waals surface area contributed by atoms with E-state index >= 15 is 0 Å². The Hall–Kier alpha value is -2.84. The van der Waals surface area contributed by atoms with Crippen LogP contribution in [0.25, 0.3) is 0 Å². The zero-order valence-electron chi connectivity index (χ0n) is 24.3. The maximum absolute atomic E-state index is 13.9. The second-order valence-corrected chi connectivity index (χ2v) is 12.0. The first kappa shape index (κ1) is 32.1. The fourth-order valence-electron chi connectivity index (χ4n) is 8.07. The van der Waals surface area contributed by atoms with Crippen molar-refractivity contribution in [2.75, 3.05) is 26.4 Å². The fraction of sp³-hybridized carbons (Fsp3) is 0.724. The molecule has 0 radical (unpaired) electrons. The van der Waals surface area contributed by atoms with Crippen molar-refractivity contribution in [2.45, 2.75) is 77.4 Å². The van der Waals surface area contributed by atoms with Crippen molar-refractivity contribution in [3.63, 3.8) is 0 Å². The number of ether oxygens (including phenoxy) is 4. The Kier molecular flexibility index (Phi) is 9.78. The van der Waals surface area contributed by atoms with Crippen LogP contribution in [0, 0.1) is 28.6 Å². The Morgan fingerprint density at radius 1 is 1.05 bits per heavy atom. The van der Waals surface area contributed by atoms with Crippen molar-refractivity contribution in [1.29, 1.82) is 0 Å². The van der Waals surface area contributed by atoms with Crippen LogP contribution in [0.2, 0.25) is 0 Å². The van der Waals surface area contributed by atoms with Gasteiger partial charge in [0.25, 0.3) is 0 Å². The normalized spacial score (nSPS) is 35.0. The highest BCUT2D eigenvalue weighted by molar-refractivity contribution is 6.01. The lowest BCUT2D eigenvalue weighted by Gasteiger charge is -2.59. The number of hydrogen-bond acceptors (Lipinski definition) is 13. The molecule has 4 aliphatic carbocycles. The Bertz CT molecular complexity index is 1120. The minimum Gasteiger partial charge on any atom is -0.435 e. The smallest absolute Gasteiger partial charge is 0.435 e. The number of carbonyl (C=O) groups is 4.